The number of phenolic OH excluding ortho intramolecular Hbond substituents is 1. The molecular formula is C13H8N2O3. The van der Waals surface area contributed by atoms with Gasteiger partial charge in [0.1, 0.15) is 11.4 Å². The lowest BCUT2D eigenvalue weighted by atomic mass is 10.2. The van der Waals surface area contributed by atoms with Crippen molar-refractivity contribution >= 4 is 17.3 Å². The van der Waals surface area contributed by atoms with Gasteiger partial charge in [0, 0.05) is 12.1 Å². The Balaban J connectivity index is 2.29. The molecule has 0 aliphatic rings. The van der Waals surface area contributed by atoms with Crippen molar-refractivity contribution in [2.24, 2.45) is 10.2 Å². The molecule has 0 spiro atoms. The summed E-state index contributed by atoms with van der Waals surface area (Å²) in [6.45, 7) is 0. The van der Waals surface area contributed by atoms with Gasteiger partial charge in [-0.1, -0.05) is 12.1 Å². The van der Waals surface area contributed by atoms with Crippen molar-refractivity contribution in [2.45, 2.75) is 0 Å². The van der Waals surface area contributed by atoms with Gasteiger partial charge in [-0.3, -0.25) is 0 Å². The van der Waals surface area contributed by atoms with Crippen LogP contribution < -0.4 is 0 Å². The van der Waals surface area contributed by atoms with Gasteiger partial charge in [-0.25, -0.2) is 4.79 Å². The molecule has 2 rings (SSSR count). The molecule has 0 radical (unpaired) electrons. The molecule has 18 heavy (non-hydrogen) atoms. The number of carboxylic acid groups (broad SMARTS) is 1. The van der Waals surface area contributed by atoms with E-state index in [0.717, 1.165) is 0 Å². The maximum absolute atomic E-state index is 10.9. The van der Waals surface area contributed by atoms with Crippen LogP contribution in [-0.2, 0) is 0 Å². The number of hydrogen-bond acceptors (Lipinski definition) is 4. The van der Waals surface area contributed by atoms with Crippen LogP contribution in [0.5, 0.6) is 5.75 Å². The minimum absolute atomic E-state index is 0.0104. The molecule has 0 unspecified atom stereocenters. The van der Waals surface area contributed by atoms with E-state index in [4.69, 9.17) is 10.2 Å². The summed E-state index contributed by atoms with van der Waals surface area (Å²) >= 11 is 0. The van der Waals surface area contributed by atoms with Gasteiger partial charge in [-0.05, 0) is 24.3 Å². The van der Waals surface area contributed by atoms with Crippen molar-refractivity contribution in [3.63, 3.8) is 0 Å². The molecule has 2 N–H and O–H groups in total. The van der Waals surface area contributed by atoms with E-state index < -0.39 is 5.97 Å². The lowest BCUT2D eigenvalue weighted by Crippen LogP contribution is -1.94. The zero-order chi connectivity index (χ0) is 13.0. The van der Waals surface area contributed by atoms with Crippen molar-refractivity contribution in [1.29, 1.82) is 0 Å². The number of azo groups is 1. The van der Waals surface area contributed by atoms with E-state index in [0.29, 0.717) is 5.69 Å². The first-order chi connectivity index (χ1) is 8.66. The monoisotopic (exact) mass is 240 g/mol. The van der Waals surface area contributed by atoms with E-state index in [2.05, 4.69) is 22.4 Å². The summed E-state index contributed by atoms with van der Waals surface area (Å²) in [5.74, 6) is -0.970. The lowest BCUT2D eigenvalue weighted by Gasteiger charge is -1.96. The summed E-state index contributed by atoms with van der Waals surface area (Å²) in [4.78, 5) is 10.9. The summed E-state index contributed by atoms with van der Waals surface area (Å²) in [6, 6.07) is 13.9. The van der Waals surface area contributed by atoms with E-state index in [1.54, 1.807) is 12.1 Å². The quantitative estimate of drug-likeness (QED) is 0.808. The Kier molecular flexibility index (Phi) is 3.21. The zero-order valence-corrected chi connectivity index (χ0v) is 9.16. The fourth-order valence-corrected chi connectivity index (χ4v) is 1.26. The predicted octanol–water partition coefficient (Wildman–Crippen LogP) is 3.11. The number of nitrogens with zero attached hydrogens (tertiary/aromatic N) is 2. The molecule has 0 aliphatic carbocycles. The van der Waals surface area contributed by atoms with E-state index >= 15 is 0 Å². The number of aromatic hydroxyl groups is 1. The third-order valence-electron chi connectivity index (χ3n) is 2.14. The SMILES string of the molecule is O=C(O)c1cc#ccc1/N=N/c1ccc(O)cc1. The fraction of sp³-hybridized carbons (Fsp3) is 0. The minimum Gasteiger partial charge on any atom is -0.508 e. The average molecular weight is 240 g/mol. The second-order valence-corrected chi connectivity index (χ2v) is 3.40. The molecule has 0 saturated heterocycles. The number of benzene rings is 1. The fourth-order valence-electron chi connectivity index (χ4n) is 1.26. The molecule has 0 aromatic heterocycles. The highest BCUT2D eigenvalue weighted by molar-refractivity contribution is 5.92. The lowest BCUT2D eigenvalue weighted by molar-refractivity contribution is 0.0698. The summed E-state index contributed by atoms with van der Waals surface area (Å²) in [7, 11) is 0. The van der Waals surface area contributed by atoms with Gasteiger partial charge in [-0.2, -0.15) is 5.11 Å². The first kappa shape index (κ1) is 11.6. The van der Waals surface area contributed by atoms with E-state index in [-0.39, 0.29) is 17.0 Å². The van der Waals surface area contributed by atoms with Gasteiger partial charge in [0.2, 0.25) is 0 Å². The Morgan fingerprint density at radius 3 is 2.39 bits per heavy atom. The summed E-state index contributed by atoms with van der Waals surface area (Å²) in [5.41, 5.74) is 0.725. The summed E-state index contributed by atoms with van der Waals surface area (Å²) < 4.78 is 0. The smallest absolute Gasteiger partial charge is 0.338 e. The van der Waals surface area contributed by atoms with Crippen LogP contribution in [0.15, 0.2) is 46.6 Å². The Bertz CT molecular complexity index is 591. The van der Waals surface area contributed by atoms with Crippen LogP contribution in [-0.4, -0.2) is 16.2 Å². The number of phenols is 1. The van der Waals surface area contributed by atoms with Crippen LogP contribution in [0.1, 0.15) is 10.4 Å². The molecule has 0 heterocycles. The van der Waals surface area contributed by atoms with E-state index in [1.807, 2.05) is 0 Å². The highest BCUT2D eigenvalue weighted by atomic mass is 16.4. The Labute approximate surface area is 103 Å². The highest BCUT2D eigenvalue weighted by Gasteiger charge is 2.07. The average Bonchev–Trinajstić information content (AvgIpc) is 2.38. The molecule has 88 valence electrons. The molecule has 0 amide bonds. The Hall–Kier alpha value is -2.87. The molecular weight excluding hydrogens is 232 g/mol. The molecule has 2 aromatic rings. The van der Waals surface area contributed by atoms with Crippen LogP contribution in [0.3, 0.4) is 0 Å². The van der Waals surface area contributed by atoms with Crippen molar-refractivity contribution in [1.82, 2.24) is 0 Å². The predicted molar refractivity (Wildman–Crippen MR) is 63.4 cm³/mol. The van der Waals surface area contributed by atoms with Gasteiger partial charge < -0.3 is 10.2 Å². The molecule has 0 aliphatic heterocycles. The van der Waals surface area contributed by atoms with Gasteiger partial charge in [-0.15, -0.1) is 5.11 Å². The normalized spacial score (nSPS) is 10.2. The second-order valence-electron chi connectivity index (χ2n) is 3.40. The van der Waals surface area contributed by atoms with Gasteiger partial charge >= 0.3 is 5.97 Å². The number of carboxylic acids is 1. The van der Waals surface area contributed by atoms with E-state index in [1.165, 1.54) is 24.3 Å². The molecule has 0 fully saturated rings. The molecule has 5 heteroatoms. The number of aromatic carboxylic acids is 1. The van der Waals surface area contributed by atoms with Crippen molar-refractivity contribution < 1.29 is 15.0 Å². The van der Waals surface area contributed by atoms with Crippen LogP contribution in [0.2, 0.25) is 0 Å². The van der Waals surface area contributed by atoms with Crippen LogP contribution in [0.4, 0.5) is 11.4 Å². The third kappa shape index (κ3) is 2.62. The van der Waals surface area contributed by atoms with Crippen molar-refractivity contribution in [3.8, 4) is 5.75 Å². The largest absolute Gasteiger partial charge is 0.508 e. The Morgan fingerprint density at radius 1 is 1.06 bits per heavy atom. The maximum Gasteiger partial charge on any atom is 0.338 e. The van der Waals surface area contributed by atoms with Gasteiger partial charge in [0.15, 0.2) is 0 Å². The molecule has 0 atom stereocenters. The Morgan fingerprint density at radius 2 is 1.72 bits per heavy atom. The first-order valence-electron chi connectivity index (χ1n) is 5.02. The third-order valence-corrected chi connectivity index (χ3v) is 2.14. The van der Waals surface area contributed by atoms with Crippen LogP contribution >= 0.6 is 0 Å². The standard InChI is InChI=1S/C13H8N2O3/c16-10-7-5-9(6-8-10)14-15-12-4-2-1-3-11(12)13(17)18/h3-8,16H,(H,17,18)/b15-14+. The number of hydrogen-bond donors (Lipinski definition) is 2. The second kappa shape index (κ2) is 4.97. The molecule has 0 bridgehead atoms. The summed E-state index contributed by atoms with van der Waals surface area (Å²) in [5, 5.41) is 25.7. The highest BCUT2D eigenvalue weighted by Crippen LogP contribution is 2.22. The van der Waals surface area contributed by atoms with Crippen LogP contribution in [0.25, 0.3) is 0 Å². The maximum atomic E-state index is 10.9. The van der Waals surface area contributed by atoms with Gasteiger partial charge in [0.05, 0.1) is 11.3 Å². The zero-order valence-electron chi connectivity index (χ0n) is 9.16. The van der Waals surface area contributed by atoms with Crippen molar-refractivity contribution in [3.05, 3.63) is 54.1 Å². The van der Waals surface area contributed by atoms with Gasteiger partial charge in [0.25, 0.3) is 0 Å². The van der Waals surface area contributed by atoms with Crippen molar-refractivity contribution in [2.75, 3.05) is 0 Å². The first-order valence-corrected chi connectivity index (χ1v) is 5.02. The van der Waals surface area contributed by atoms with Crippen LogP contribution in [0, 0.1) is 12.1 Å². The number of carbonyl (C=O) groups is 1. The molecule has 2 aromatic carbocycles. The topological polar surface area (TPSA) is 82.2 Å². The molecule has 0 saturated carbocycles. The number of rotatable bonds is 3. The van der Waals surface area contributed by atoms with E-state index in [9.17, 15) is 4.79 Å². The minimum atomic E-state index is -1.10. The molecule has 5 nitrogen and oxygen atoms in total. The summed E-state index contributed by atoms with van der Waals surface area (Å²) in [6.07, 6.45) is 0.